The van der Waals surface area contributed by atoms with Crippen molar-refractivity contribution in [3.63, 3.8) is 0 Å². The Morgan fingerprint density at radius 3 is 2.53 bits per heavy atom. The van der Waals surface area contributed by atoms with Crippen LogP contribution in [0.2, 0.25) is 0 Å². The number of halogens is 1. The molecule has 7 heteroatoms. The highest BCUT2D eigenvalue weighted by atomic mass is 127. The minimum Gasteiger partial charge on any atom is -0.357 e. The van der Waals surface area contributed by atoms with E-state index < -0.39 is 0 Å². The molecule has 0 spiro atoms. The van der Waals surface area contributed by atoms with Crippen molar-refractivity contribution in [2.75, 3.05) is 38.1 Å². The fourth-order valence-electron chi connectivity index (χ4n) is 3.86. The number of aryl methyl sites for hydroxylation is 1. The lowest BCUT2D eigenvalue weighted by atomic mass is 10.1. The monoisotopic (exact) mass is 550 g/mol. The summed E-state index contributed by atoms with van der Waals surface area (Å²) < 4.78 is 0. The van der Waals surface area contributed by atoms with Crippen molar-refractivity contribution in [2.45, 2.75) is 52.2 Å². The molecule has 176 valence electrons. The molecule has 0 aliphatic carbocycles. The van der Waals surface area contributed by atoms with E-state index in [4.69, 9.17) is 4.99 Å². The van der Waals surface area contributed by atoms with Crippen LogP contribution >= 0.6 is 24.0 Å². The Kier molecular flexibility index (Phi) is 11.2. The molecule has 0 saturated carbocycles. The van der Waals surface area contributed by atoms with Crippen molar-refractivity contribution < 1.29 is 0 Å². The number of benzene rings is 1. The van der Waals surface area contributed by atoms with Gasteiger partial charge < -0.3 is 15.5 Å². The van der Waals surface area contributed by atoms with Gasteiger partial charge in [0, 0.05) is 44.0 Å². The van der Waals surface area contributed by atoms with Gasteiger partial charge >= 0.3 is 0 Å². The van der Waals surface area contributed by atoms with Gasteiger partial charge in [0.1, 0.15) is 5.82 Å². The quantitative estimate of drug-likeness (QED) is 0.295. The zero-order valence-corrected chi connectivity index (χ0v) is 22.3. The molecule has 1 aromatic heterocycles. The molecule has 0 bridgehead atoms. The van der Waals surface area contributed by atoms with Crippen LogP contribution in [-0.2, 0) is 6.54 Å². The second-order valence-corrected chi connectivity index (χ2v) is 8.51. The maximum absolute atomic E-state index is 4.89. The summed E-state index contributed by atoms with van der Waals surface area (Å²) >= 11 is 0. The van der Waals surface area contributed by atoms with E-state index in [9.17, 15) is 0 Å². The Bertz CT molecular complexity index is 820. The van der Waals surface area contributed by atoms with Crippen LogP contribution < -0.4 is 15.5 Å². The average Bonchev–Trinajstić information content (AvgIpc) is 2.78. The summed E-state index contributed by atoms with van der Waals surface area (Å²) in [5.74, 6) is 2.02. The van der Waals surface area contributed by atoms with Gasteiger partial charge in [-0.05, 0) is 58.4 Å². The molecule has 6 nitrogen and oxygen atoms in total. The summed E-state index contributed by atoms with van der Waals surface area (Å²) in [6.45, 7) is 11.0. The van der Waals surface area contributed by atoms with Crippen molar-refractivity contribution >= 4 is 35.8 Å². The SMILES string of the molecule is CCNC(=NCC(C)N(C)Cc1ccccc1)NC1CCN(c2cccc(C)n2)CC1.I. The molecular formula is C25H39IN6. The first-order valence-electron chi connectivity index (χ1n) is 11.5. The number of piperidine rings is 1. The Balaban J connectivity index is 0.00000363. The predicted molar refractivity (Wildman–Crippen MR) is 146 cm³/mol. The van der Waals surface area contributed by atoms with E-state index in [-0.39, 0.29) is 24.0 Å². The summed E-state index contributed by atoms with van der Waals surface area (Å²) in [7, 11) is 2.17. The van der Waals surface area contributed by atoms with Crippen molar-refractivity contribution in [2.24, 2.45) is 4.99 Å². The lowest BCUT2D eigenvalue weighted by Crippen LogP contribution is -2.49. The number of aromatic nitrogens is 1. The fraction of sp³-hybridized carbons (Fsp3) is 0.520. The first kappa shape index (κ1) is 26.4. The Hall–Kier alpha value is -1.87. The number of hydrogen-bond acceptors (Lipinski definition) is 4. The fourth-order valence-corrected chi connectivity index (χ4v) is 3.86. The second kappa shape index (κ2) is 13.6. The van der Waals surface area contributed by atoms with Crippen molar-refractivity contribution in [1.29, 1.82) is 0 Å². The number of guanidine groups is 1. The molecule has 32 heavy (non-hydrogen) atoms. The number of hydrogen-bond donors (Lipinski definition) is 2. The van der Waals surface area contributed by atoms with Gasteiger partial charge in [0.25, 0.3) is 0 Å². The third-order valence-corrected chi connectivity index (χ3v) is 5.92. The standard InChI is InChI=1S/C25H38N6.HI/c1-5-26-25(27-18-21(3)30(4)19-22-11-7-6-8-12-22)29-23-14-16-31(17-15-23)24-13-9-10-20(2)28-24;/h6-13,21,23H,5,14-19H2,1-4H3,(H2,26,27,29);1H. The van der Waals surface area contributed by atoms with E-state index in [1.165, 1.54) is 5.56 Å². The molecule has 1 aliphatic heterocycles. The highest BCUT2D eigenvalue weighted by molar-refractivity contribution is 14.0. The summed E-state index contributed by atoms with van der Waals surface area (Å²) in [6, 6.07) is 17.7. The maximum Gasteiger partial charge on any atom is 0.191 e. The minimum atomic E-state index is 0. The number of nitrogens with one attached hydrogen (secondary N) is 2. The third-order valence-electron chi connectivity index (χ3n) is 5.92. The van der Waals surface area contributed by atoms with E-state index in [1.54, 1.807) is 0 Å². The normalized spacial score (nSPS) is 15.9. The summed E-state index contributed by atoms with van der Waals surface area (Å²) in [6.07, 6.45) is 2.17. The highest BCUT2D eigenvalue weighted by Gasteiger charge is 2.21. The van der Waals surface area contributed by atoms with Crippen molar-refractivity contribution in [3.05, 3.63) is 59.8 Å². The lowest BCUT2D eigenvalue weighted by molar-refractivity contribution is 0.255. The average molecular weight is 551 g/mol. The van der Waals surface area contributed by atoms with Gasteiger partial charge in [0.2, 0.25) is 0 Å². The predicted octanol–water partition coefficient (Wildman–Crippen LogP) is 4.05. The number of nitrogens with zero attached hydrogens (tertiary/aromatic N) is 4. The maximum atomic E-state index is 4.89. The van der Waals surface area contributed by atoms with Crippen LogP contribution in [0.3, 0.4) is 0 Å². The van der Waals surface area contributed by atoms with E-state index in [2.05, 4.69) is 102 Å². The smallest absolute Gasteiger partial charge is 0.191 e. The van der Waals surface area contributed by atoms with Gasteiger partial charge in [0.05, 0.1) is 6.54 Å². The number of pyridine rings is 1. The summed E-state index contributed by atoms with van der Waals surface area (Å²) in [4.78, 5) is 14.3. The van der Waals surface area contributed by atoms with Gasteiger partial charge in [-0.15, -0.1) is 24.0 Å². The van der Waals surface area contributed by atoms with Crippen LogP contribution in [0, 0.1) is 6.92 Å². The van der Waals surface area contributed by atoms with Gasteiger partial charge in [0.15, 0.2) is 5.96 Å². The molecule has 0 radical (unpaired) electrons. The molecule has 1 atom stereocenters. The van der Waals surface area contributed by atoms with Crippen LogP contribution in [0.4, 0.5) is 5.82 Å². The van der Waals surface area contributed by atoms with Crippen LogP contribution in [0.1, 0.15) is 37.9 Å². The lowest BCUT2D eigenvalue weighted by Gasteiger charge is -2.34. The van der Waals surface area contributed by atoms with Crippen LogP contribution in [-0.4, -0.2) is 61.2 Å². The van der Waals surface area contributed by atoms with Gasteiger partial charge in [-0.2, -0.15) is 0 Å². The van der Waals surface area contributed by atoms with E-state index >= 15 is 0 Å². The summed E-state index contributed by atoms with van der Waals surface area (Å²) in [5.41, 5.74) is 2.41. The molecule has 1 aromatic carbocycles. The molecule has 0 amide bonds. The number of aliphatic imine (C=N–C) groups is 1. The molecule has 1 fully saturated rings. The Morgan fingerprint density at radius 1 is 1.16 bits per heavy atom. The van der Waals surface area contributed by atoms with Crippen molar-refractivity contribution in [3.8, 4) is 0 Å². The molecule has 2 aromatic rings. The number of rotatable bonds is 8. The molecular weight excluding hydrogens is 511 g/mol. The van der Waals surface area contributed by atoms with Crippen molar-refractivity contribution in [1.82, 2.24) is 20.5 Å². The molecule has 2 N–H and O–H groups in total. The molecule has 1 saturated heterocycles. The number of likely N-dealkylation sites (N-methyl/N-ethyl adjacent to an activating group) is 1. The first-order chi connectivity index (χ1) is 15.0. The Morgan fingerprint density at radius 2 is 1.88 bits per heavy atom. The zero-order chi connectivity index (χ0) is 22.1. The number of anilines is 1. The largest absolute Gasteiger partial charge is 0.357 e. The Labute approximate surface area is 210 Å². The molecule has 1 unspecified atom stereocenters. The summed E-state index contributed by atoms with van der Waals surface area (Å²) in [5, 5.41) is 7.08. The highest BCUT2D eigenvalue weighted by Crippen LogP contribution is 2.18. The van der Waals surface area contributed by atoms with Gasteiger partial charge in [-0.1, -0.05) is 36.4 Å². The van der Waals surface area contributed by atoms with Crippen LogP contribution in [0.15, 0.2) is 53.5 Å². The molecule has 2 heterocycles. The topological polar surface area (TPSA) is 55.8 Å². The van der Waals surface area contributed by atoms with Gasteiger partial charge in [-0.3, -0.25) is 9.89 Å². The van der Waals surface area contributed by atoms with E-state index in [0.29, 0.717) is 12.1 Å². The van der Waals surface area contributed by atoms with Crippen LogP contribution in [0.5, 0.6) is 0 Å². The zero-order valence-electron chi connectivity index (χ0n) is 19.9. The minimum absolute atomic E-state index is 0. The second-order valence-electron chi connectivity index (χ2n) is 8.51. The van der Waals surface area contributed by atoms with E-state index in [1.807, 2.05) is 0 Å². The van der Waals surface area contributed by atoms with E-state index in [0.717, 1.165) is 63.0 Å². The van der Waals surface area contributed by atoms with Gasteiger partial charge in [-0.25, -0.2) is 4.98 Å². The molecule has 3 rings (SSSR count). The van der Waals surface area contributed by atoms with Crippen LogP contribution in [0.25, 0.3) is 0 Å². The molecule has 1 aliphatic rings. The third kappa shape index (κ3) is 8.24. The first-order valence-corrected chi connectivity index (χ1v) is 11.5.